The van der Waals surface area contributed by atoms with Crippen LogP contribution in [0.3, 0.4) is 0 Å². The molecule has 1 fully saturated rings. The molecule has 2 aromatic rings. The van der Waals surface area contributed by atoms with Gasteiger partial charge in [0.25, 0.3) is 5.91 Å². The molecular formula is C17H18F2N4O2. The maximum absolute atomic E-state index is 12.5. The largest absolute Gasteiger partial charge is 0.433 e. The van der Waals surface area contributed by atoms with Crippen molar-refractivity contribution in [1.29, 1.82) is 0 Å². The minimum atomic E-state index is -2.98. The normalized spacial score (nSPS) is 14.0. The number of anilines is 2. The molecule has 0 radical (unpaired) electrons. The van der Waals surface area contributed by atoms with Crippen molar-refractivity contribution in [1.82, 2.24) is 10.2 Å². The molecule has 0 aliphatic carbocycles. The van der Waals surface area contributed by atoms with Crippen LogP contribution in [0.2, 0.25) is 0 Å². The third kappa shape index (κ3) is 4.01. The first kappa shape index (κ1) is 17.1. The Labute approximate surface area is 143 Å². The molecule has 1 aromatic heterocycles. The van der Waals surface area contributed by atoms with Crippen molar-refractivity contribution >= 4 is 17.4 Å². The molecule has 0 unspecified atom stereocenters. The number of nitrogens with zero attached hydrogens (tertiary/aromatic N) is 3. The third-order valence-electron chi connectivity index (χ3n) is 4.00. The van der Waals surface area contributed by atoms with Gasteiger partial charge in [0, 0.05) is 13.1 Å². The van der Waals surface area contributed by atoms with Crippen LogP contribution < -0.4 is 15.0 Å². The lowest BCUT2D eigenvalue weighted by molar-refractivity contribution is -0.0493. The summed E-state index contributed by atoms with van der Waals surface area (Å²) < 4.78 is 29.5. The number of alkyl halides is 2. The van der Waals surface area contributed by atoms with Crippen LogP contribution >= 0.6 is 0 Å². The predicted octanol–water partition coefficient (Wildman–Crippen LogP) is 3.24. The Morgan fingerprint density at radius 1 is 1.20 bits per heavy atom. The SMILES string of the molecule is Cc1cccc(OC(F)F)c1NC(=O)c1ccc(N2CCCC2)nn1. The van der Waals surface area contributed by atoms with Gasteiger partial charge in [0.15, 0.2) is 11.5 Å². The summed E-state index contributed by atoms with van der Waals surface area (Å²) in [5, 5.41) is 10.6. The van der Waals surface area contributed by atoms with Gasteiger partial charge >= 0.3 is 6.61 Å². The van der Waals surface area contributed by atoms with Crippen molar-refractivity contribution in [3.63, 3.8) is 0 Å². The highest BCUT2D eigenvalue weighted by Crippen LogP contribution is 2.29. The van der Waals surface area contributed by atoms with Crippen LogP contribution in [-0.2, 0) is 0 Å². The van der Waals surface area contributed by atoms with E-state index in [1.807, 2.05) is 0 Å². The average Bonchev–Trinajstić information content (AvgIpc) is 3.12. The zero-order chi connectivity index (χ0) is 17.8. The number of carbonyl (C=O) groups is 1. The van der Waals surface area contributed by atoms with E-state index in [9.17, 15) is 13.6 Å². The molecule has 1 aliphatic rings. The standard InChI is InChI=1S/C17H18F2N4O2/c1-11-5-4-6-13(25-17(18)19)15(11)20-16(24)12-7-8-14(22-21-12)23-9-2-3-10-23/h4-8,17H,2-3,9-10H2,1H3,(H,20,24). The average molecular weight is 348 g/mol. The van der Waals surface area contributed by atoms with E-state index < -0.39 is 12.5 Å². The maximum Gasteiger partial charge on any atom is 0.387 e. The van der Waals surface area contributed by atoms with Gasteiger partial charge in [-0.05, 0) is 43.5 Å². The lowest BCUT2D eigenvalue weighted by Gasteiger charge is -2.16. The summed E-state index contributed by atoms with van der Waals surface area (Å²) in [6.07, 6.45) is 2.23. The smallest absolute Gasteiger partial charge is 0.387 e. The van der Waals surface area contributed by atoms with Crippen molar-refractivity contribution in [2.45, 2.75) is 26.4 Å². The highest BCUT2D eigenvalue weighted by atomic mass is 19.3. The number of aryl methyl sites for hydroxylation is 1. The van der Waals surface area contributed by atoms with Gasteiger partial charge in [-0.15, -0.1) is 10.2 Å². The topological polar surface area (TPSA) is 67.3 Å². The zero-order valence-electron chi connectivity index (χ0n) is 13.7. The molecule has 0 saturated carbocycles. The van der Waals surface area contributed by atoms with Crippen LogP contribution in [0.25, 0.3) is 0 Å². The maximum atomic E-state index is 12.5. The van der Waals surface area contributed by atoms with Gasteiger partial charge in [0.2, 0.25) is 0 Å². The lowest BCUT2D eigenvalue weighted by Crippen LogP contribution is -2.21. The van der Waals surface area contributed by atoms with E-state index in [2.05, 4.69) is 25.2 Å². The van der Waals surface area contributed by atoms with Crippen molar-refractivity contribution in [2.75, 3.05) is 23.3 Å². The molecular weight excluding hydrogens is 330 g/mol. The highest BCUT2D eigenvalue weighted by Gasteiger charge is 2.18. The zero-order valence-corrected chi connectivity index (χ0v) is 13.7. The molecule has 1 aromatic carbocycles. The summed E-state index contributed by atoms with van der Waals surface area (Å²) in [6.45, 7) is 0.572. The number of benzene rings is 1. The van der Waals surface area contributed by atoms with Gasteiger partial charge in [-0.3, -0.25) is 4.79 Å². The molecule has 0 bridgehead atoms. The van der Waals surface area contributed by atoms with Gasteiger partial charge in [-0.25, -0.2) is 0 Å². The summed E-state index contributed by atoms with van der Waals surface area (Å²) in [5.41, 5.74) is 0.903. The lowest BCUT2D eigenvalue weighted by atomic mass is 10.2. The van der Waals surface area contributed by atoms with Gasteiger partial charge < -0.3 is 15.0 Å². The third-order valence-corrected chi connectivity index (χ3v) is 4.00. The summed E-state index contributed by atoms with van der Waals surface area (Å²) in [7, 11) is 0. The number of nitrogens with one attached hydrogen (secondary N) is 1. The second-order valence-corrected chi connectivity index (χ2v) is 5.75. The Kier molecular flexibility index (Phi) is 5.06. The van der Waals surface area contributed by atoms with Crippen LogP contribution in [0.4, 0.5) is 20.3 Å². The van der Waals surface area contributed by atoms with Crippen LogP contribution in [0, 0.1) is 6.92 Å². The number of halogens is 2. The molecule has 132 valence electrons. The van der Waals surface area contributed by atoms with Crippen molar-refractivity contribution in [3.05, 3.63) is 41.6 Å². The number of hydrogen-bond donors (Lipinski definition) is 1. The second-order valence-electron chi connectivity index (χ2n) is 5.75. The Morgan fingerprint density at radius 3 is 2.60 bits per heavy atom. The molecule has 2 heterocycles. The summed E-state index contributed by atoms with van der Waals surface area (Å²) in [4.78, 5) is 14.5. The summed E-state index contributed by atoms with van der Waals surface area (Å²) in [6, 6.07) is 7.95. The number of para-hydroxylation sites is 1. The number of carbonyl (C=O) groups excluding carboxylic acids is 1. The fourth-order valence-electron chi connectivity index (χ4n) is 2.73. The van der Waals surface area contributed by atoms with E-state index >= 15 is 0 Å². The van der Waals surface area contributed by atoms with E-state index in [0.29, 0.717) is 5.56 Å². The number of ether oxygens (including phenoxy) is 1. The number of aromatic nitrogens is 2. The molecule has 6 nitrogen and oxygen atoms in total. The first-order chi connectivity index (χ1) is 12.0. The fraction of sp³-hybridized carbons (Fsp3) is 0.353. The minimum absolute atomic E-state index is 0.0926. The molecule has 3 rings (SSSR count). The molecule has 1 aliphatic heterocycles. The van der Waals surface area contributed by atoms with Crippen LogP contribution in [0.15, 0.2) is 30.3 Å². The number of rotatable bonds is 5. The first-order valence-corrected chi connectivity index (χ1v) is 7.99. The van der Waals surface area contributed by atoms with Crippen molar-refractivity contribution < 1.29 is 18.3 Å². The number of amides is 1. The van der Waals surface area contributed by atoms with Crippen molar-refractivity contribution in [3.8, 4) is 5.75 Å². The van der Waals surface area contributed by atoms with Gasteiger partial charge in [-0.1, -0.05) is 12.1 Å². The van der Waals surface area contributed by atoms with Crippen LogP contribution in [0.5, 0.6) is 5.75 Å². The van der Waals surface area contributed by atoms with Crippen LogP contribution in [-0.4, -0.2) is 35.8 Å². The summed E-state index contributed by atoms with van der Waals surface area (Å²) in [5.74, 6) is 0.102. The monoisotopic (exact) mass is 348 g/mol. The van der Waals surface area contributed by atoms with E-state index in [-0.39, 0.29) is 17.1 Å². The van der Waals surface area contributed by atoms with E-state index in [1.54, 1.807) is 31.2 Å². The molecule has 0 atom stereocenters. The molecule has 1 N–H and O–H groups in total. The first-order valence-electron chi connectivity index (χ1n) is 7.99. The van der Waals surface area contributed by atoms with Gasteiger partial charge in [0.05, 0.1) is 5.69 Å². The fourth-order valence-corrected chi connectivity index (χ4v) is 2.73. The van der Waals surface area contributed by atoms with Gasteiger partial charge in [0.1, 0.15) is 5.75 Å². The molecule has 8 heteroatoms. The Bertz CT molecular complexity index is 747. The molecule has 1 amide bonds. The predicted molar refractivity (Wildman–Crippen MR) is 89.2 cm³/mol. The van der Waals surface area contributed by atoms with E-state index in [4.69, 9.17) is 0 Å². The number of hydrogen-bond acceptors (Lipinski definition) is 5. The Balaban J connectivity index is 1.76. The molecule has 1 saturated heterocycles. The van der Waals surface area contributed by atoms with E-state index in [0.717, 1.165) is 31.7 Å². The van der Waals surface area contributed by atoms with Crippen molar-refractivity contribution in [2.24, 2.45) is 0 Å². The van der Waals surface area contributed by atoms with Crippen LogP contribution in [0.1, 0.15) is 28.9 Å². The molecule has 0 spiro atoms. The molecule has 25 heavy (non-hydrogen) atoms. The second kappa shape index (κ2) is 7.42. The van der Waals surface area contributed by atoms with E-state index in [1.165, 1.54) is 6.07 Å². The quantitative estimate of drug-likeness (QED) is 0.898. The Hall–Kier alpha value is -2.77. The van der Waals surface area contributed by atoms with Gasteiger partial charge in [-0.2, -0.15) is 8.78 Å². The Morgan fingerprint density at radius 2 is 1.96 bits per heavy atom. The summed E-state index contributed by atoms with van der Waals surface area (Å²) >= 11 is 0. The highest BCUT2D eigenvalue weighted by molar-refractivity contribution is 6.04. The minimum Gasteiger partial charge on any atom is -0.433 e.